The molecular formula is C18H10ClF4N3O3. The van der Waals surface area contributed by atoms with Gasteiger partial charge in [-0.1, -0.05) is 29.8 Å². The van der Waals surface area contributed by atoms with Crippen molar-refractivity contribution in [2.45, 2.75) is 11.6 Å². The Balaban J connectivity index is 2.04. The van der Waals surface area contributed by atoms with E-state index in [1.54, 1.807) is 0 Å². The third kappa shape index (κ3) is 2.66. The van der Waals surface area contributed by atoms with Crippen molar-refractivity contribution in [1.29, 1.82) is 0 Å². The first kappa shape index (κ1) is 19.2. The number of amidine groups is 1. The van der Waals surface area contributed by atoms with Gasteiger partial charge in [-0.25, -0.2) is 23.6 Å². The average molecular weight is 428 g/mol. The van der Waals surface area contributed by atoms with Crippen molar-refractivity contribution in [1.82, 2.24) is 10.3 Å². The molecule has 4 rings (SSSR count). The Morgan fingerprint density at radius 1 is 1.28 bits per heavy atom. The van der Waals surface area contributed by atoms with Crippen LogP contribution >= 0.6 is 11.6 Å². The number of carbonyl (C=O) groups excluding carboxylic acids is 1. The van der Waals surface area contributed by atoms with Crippen LogP contribution in [-0.4, -0.2) is 30.0 Å². The number of alkyl halides is 2. The molecule has 1 spiro atoms. The molecule has 150 valence electrons. The highest BCUT2D eigenvalue weighted by atomic mass is 35.5. The molecule has 1 N–H and O–H groups in total. The molecule has 29 heavy (non-hydrogen) atoms. The van der Waals surface area contributed by atoms with Gasteiger partial charge in [0.1, 0.15) is 28.0 Å². The summed E-state index contributed by atoms with van der Waals surface area (Å²) in [6.45, 7) is 0. The lowest BCUT2D eigenvalue weighted by atomic mass is 9.82. The lowest BCUT2D eigenvalue weighted by Crippen LogP contribution is -2.52. The number of pyridine rings is 1. The Morgan fingerprint density at radius 3 is 2.69 bits per heavy atom. The minimum absolute atomic E-state index is 0.190. The summed E-state index contributed by atoms with van der Waals surface area (Å²) in [6, 6.07) is 5.91. The Labute approximate surface area is 165 Å². The zero-order chi connectivity index (χ0) is 21.0. The van der Waals surface area contributed by atoms with E-state index in [1.807, 2.05) is 0 Å². The maximum absolute atomic E-state index is 15.2. The number of rotatable bonds is 2. The maximum atomic E-state index is 15.2. The van der Waals surface area contributed by atoms with Gasteiger partial charge in [-0.05, 0) is 6.07 Å². The SMILES string of the molecule is COC(=O)C1=C(Cl)NC(c2ncc(F)cc2F)=NC12c1ccccc1OC2(F)F. The highest BCUT2D eigenvalue weighted by Gasteiger charge is 2.69. The molecule has 0 saturated carbocycles. The number of aromatic nitrogens is 1. The lowest BCUT2D eigenvalue weighted by Gasteiger charge is -2.35. The number of hydrogen-bond acceptors (Lipinski definition) is 6. The van der Waals surface area contributed by atoms with E-state index in [9.17, 15) is 13.6 Å². The van der Waals surface area contributed by atoms with Crippen molar-refractivity contribution in [3.63, 3.8) is 0 Å². The van der Waals surface area contributed by atoms with E-state index in [1.165, 1.54) is 24.3 Å². The van der Waals surface area contributed by atoms with Crippen LogP contribution in [0.5, 0.6) is 5.75 Å². The van der Waals surface area contributed by atoms with Gasteiger partial charge in [-0.15, -0.1) is 0 Å². The molecule has 1 aromatic heterocycles. The second kappa shape index (κ2) is 6.45. The van der Waals surface area contributed by atoms with Crippen LogP contribution in [0.2, 0.25) is 0 Å². The van der Waals surface area contributed by atoms with E-state index >= 15 is 8.78 Å². The normalized spacial score (nSPS) is 21.9. The summed E-state index contributed by atoms with van der Waals surface area (Å²) in [4.78, 5) is 19.9. The zero-order valence-electron chi connectivity index (χ0n) is 14.5. The summed E-state index contributed by atoms with van der Waals surface area (Å²) >= 11 is 6.12. The van der Waals surface area contributed by atoms with Crippen molar-refractivity contribution in [2.75, 3.05) is 7.11 Å². The van der Waals surface area contributed by atoms with Crippen LogP contribution in [0.3, 0.4) is 0 Å². The molecule has 6 nitrogen and oxygen atoms in total. The van der Waals surface area contributed by atoms with Crippen LogP contribution < -0.4 is 10.1 Å². The zero-order valence-corrected chi connectivity index (χ0v) is 15.2. The molecule has 0 aliphatic carbocycles. The third-order valence-corrected chi connectivity index (χ3v) is 4.73. The van der Waals surface area contributed by atoms with Crippen molar-refractivity contribution in [2.24, 2.45) is 4.99 Å². The molecule has 1 aromatic carbocycles. The monoisotopic (exact) mass is 427 g/mol. The average Bonchev–Trinajstić information content (AvgIpc) is 2.87. The van der Waals surface area contributed by atoms with E-state index in [2.05, 4.69) is 20.0 Å². The highest BCUT2D eigenvalue weighted by molar-refractivity contribution is 6.33. The fraction of sp³-hybridized carbons (Fsp3) is 0.167. The van der Waals surface area contributed by atoms with Crippen molar-refractivity contribution < 1.29 is 31.8 Å². The van der Waals surface area contributed by atoms with Gasteiger partial charge in [-0.2, -0.15) is 8.78 Å². The number of fused-ring (bicyclic) bond motifs is 2. The smallest absolute Gasteiger partial charge is 0.433 e. The number of halogens is 5. The second-order valence-electron chi connectivity index (χ2n) is 6.08. The van der Waals surface area contributed by atoms with Gasteiger partial charge < -0.3 is 14.8 Å². The first-order chi connectivity index (χ1) is 13.7. The van der Waals surface area contributed by atoms with Gasteiger partial charge >= 0.3 is 12.1 Å². The molecule has 2 aliphatic rings. The number of ether oxygens (including phenoxy) is 2. The number of hydrogen-bond donors (Lipinski definition) is 1. The maximum Gasteiger partial charge on any atom is 0.433 e. The van der Waals surface area contributed by atoms with E-state index in [0.717, 1.165) is 7.11 Å². The molecule has 1 atom stereocenters. The van der Waals surface area contributed by atoms with E-state index in [0.29, 0.717) is 12.3 Å². The first-order valence-electron chi connectivity index (χ1n) is 8.04. The van der Waals surface area contributed by atoms with Gasteiger partial charge in [0.2, 0.25) is 5.54 Å². The van der Waals surface area contributed by atoms with Gasteiger partial charge in [0, 0.05) is 11.6 Å². The Morgan fingerprint density at radius 2 is 2.00 bits per heavy atom. The van der Waals surface area contributed by atoms with Gasteiger partial charge in [0.05, 0.1) is 13.3 Å². The summed E-state index contributed by atoms with van der Waals surface area (Å²) in [5.74, 6) is -4.14. The molecule has 1 unspecified atom stereocenters. The number of methoxy groups -OCH3 is 1. The van der Waals surface area contributed by atoms with Crippen LogP contribution in [0.4, 0.5) is 17.6 Å². The summed E-state index contributed by atoms with van der Waals surface area (Å²) in [5, 5.41) is 1.77. The Bertz CT molecular complexity index is 1110. The predicted molar refractivity (Wildman–Crippen MR) is 92.4 cm³/mol. The molecular weight excluding hydrogens is 418 g/mol. The highest BCUT2D eigenvalue weighted by Crippen LogP contribution is 2.57. The van der Waals surface area contributed by atoms with Gasteiger partial charge in [0.25, 0.3) is 0 Å². The van der Waals surface area contributed by atoms with E-state index in [4.69, 9.17) is 16.3 Å². The topological polar surface area (TPSA) is 72.8 Å². The van der Waals surface area contributed by atoms with Crippen LogP contribution in [0, 0.1) is 11.6 Å². The molecule has 0 amide bonds. The van der Waals surface area contributed by atoms with Crippen LogP contribution in [0.25, 0.3) is 0 Å². The number of benzene rings is 1. The fourth-order valence-corrected chi connectivity index (χ4v) is 3.55. The summed E-state index contributed by atoms with van der Waals surface area (Å²) < 4.78 is 67.3. The molecule has 0 bridgehead atoms. The quantitative estimate of drug-likeness (QED) is 0.452. The fourth-order valence-electron chi connectivity index (χ4n) is 3.25. The molecule has 2 aromatic rings. The minimum atomic E-state index is -4.09. The third-order valence-electron chi connectivity index (χ3n) is 4.45. The second-order valence-corrected chi connectivity index (χ2v) is 6.45. The van der Waals surface area contributed by atoms with Crippen molar-refractivity contribution >= 4 is 23.4 Å². The van der Waals surface area contributed by atoms with Gasteiger partial charge in [0.15, 0.2) is 11.7 Å². The van der Waals surface area contributed by atoms with Crippen LogP contribution in [-0.2, 0) is 15.1 Å². The Kier molecular flexibility index (Phi) is 4.26. The molecule has 11 heteroatoms. The summed E-state index contributed by atoms with van der Waals surface area (Å²) in [6.07, 6.45) is -3.41. The van der Waals surface area contributed by atoms with Gasteiger partial charge in [-0.3, -0.25) is 0 Å². The standard InChI is InChI=1S/C18H10ClF4N3O3/c1-28-16(27)12-14(19)25-15(13-10(21)6-8(20)7-24-13)26-17(12)9-4-2-3-5-11(9)29-18(17,22)23/h2-7H,1H3,(H,25,26). The number of nitrogens with one attached hydrogen (secondary N) is 1. The Hall–Kier alpha value is -3.14. The molecule has 2 aliphatic heterocycles. The van der Waals surface area contributed by atoms with E-state index in [-0.39, 0.29) is 11.3 Å². The van der Waals surface area contributed by atoms with Crippen LogP contribution in [0.15, 0.2) is 52.3 Å². The molecule has 0 radical (unpaired) electrons. The first-order valence-corrected chi connectivity index (χ1v) is 8.42. The lowest BCUT2D eigenvalue weighted by molar-refractivity contribution is -0.202. The van der Waals surface area contributed by atoms with Crippen molar-refractivity contribution in [3.8, 4) is 5.75 Å². The minimum Gasteiger partial charge on any atom is -0.465 e. The molecule has 3 heterocycles. The largest absolute Gasteiger partial charge is 0.465 e. The molecule has 0 fully saturated rings. The number of para-hydroxylation sites is 1. The number of carbonyl (C=O) groups is 1. The van der Waals surface area contributed by atoms with E-state index < -0.39 is 51.5 Å². The number of aliphatic imine (C=N–C) groups is 1. The summed E-state index contributed by atoms with van der Waals surface area (Å²) in [7, 11) is 0.980. The number of nitrogens with zero attached hydrogens (tertiary/aromatic N) is 2. The molecule has 0 saturated heterocycles. The predicted octanol–water partition coefficient (Wildman–Crippen LogP) is 3.21. The van der Waals surface area contributed by atoms with Crippen LogP contribution in [0.1, 0.15) is 11.3 Å². The summed E-state index contributed by atoms with van der Waals surface area (Å²) in [5.41, 5.74) is -4.28. The number of esters is 1. The van der Waals surface area contributed by atoms with Crippen molar-refractivity contribution in [3.05, 3.63) is 70.1 Å².